The molecule has 0 unspecified atom stereocenters. The number of guanidine groups is 1. The fourth-order valence-corrected chi connectivity index (χ4v) is 10.6. The van der Waals surface area contributed by atoms with Gasteiger partial charge < -0.3 is 79.2 Å². The average molecular weight is 1350 g/mol. The van der Waals surface area contributed by atoms with Crippen LogP contribution in [-0.4, -0.2) is 174 Å². The summed E-state index contributed by atoms with van der Waals surface area (Å²) in [7, 11) is 0. The molecule has 2 heterocycles. The van der Waals surface area contributed by atoms with E-state index in [4.69, 9.17) is 17.0 Å². The number of nitrogens with two attached hydrogens (primary N) is 2. The van der Waals surface area contributed by atoms with Crippen molar-refractivity contribution in [1.82, 2.24) is 57.4 Å². The molecule has 16 N–H and O–H groups in total. The number of aliphatic carboxylic acids is 2. The van der Waals surface area contributed by atoms with Crippen LogP contribution in [0.1, 0.15) is 120 Å². The number of carbonyl (C=O) groups is 11. The van der Waals surface area contributed by atoms with Crippen LogP contribution in [0.25, 0.3) is 10.4 Å². The Morgan fingerprint density at radius 3 is 1.92 bits per heavy atom. The van der Waals surface area contributed by atoms with Gasteiger partial charge in [0.1, 0.15) is 65.7 Å². The molecule has 522 valence electrons. The number of carboxylic acids is 2. The van der Waals surface area contributed by atoms with E-state index in [-0.39, 0.29) is 88.3 Å². The van der Waals surface area contributed by atoms with Crippen molar-refractivity contribution in [1.29, 1.82) is 0 Å². The lowest BCUT2D eigenvalue weighted by Crippen LogP contribution is -2.62. The number of carbonyl (C=O) groups excluding carboxylic acids is 9. The average Bonchev–Trinajstić information content (AvgIpc) is 1.70. The van der Waals surface area contributed by atoms with Gasteiger partial charge in [0.2, 0.25) is 47.3 Å². The number of carboxylic acid groups (broad SMARTS) is 2. The smallest absolute Gasteiger partial charge is 0.326 e. The summed E-state index contributed by atoms with van der Waals surface area (Å²) in [5.74, 6) is -13.4. The number of unbranched alkanes of at least 4 members (excludes halogenated alkanes) is 1. The van der Waals surface area contributed by atoms with Gasteiger partial charge in [-0.1, -0.05) is 101 Å². The summed E-state index contributed by atoms with van der Waals surface area (Å²) in [6, 6.07) is 3.82. The molecule has 5 rings (SSSR count). The molecule has 0 saturated carbocycles. The number of nitrogens with zero attached hydrogens (tertiary/aromatic N) is 7. The Balaban J connectivity index is 1.40. The zero-order valence-corrected chi connectivity index (χ0v) is 54.3. The third-order valence-electron chi connectivity index (χ3n) is 16.0. The van der Waals surface area contributed by atoms with Crippen LogP contribution in [0, 0.1) is 22.0 Å². The van der Waals surface area contributed by atoms with E-state index >= 15 is 0 Å². The van der Waals surface area contributed by atoms with Crippen LogP contribution in [0.3, 0.4) is 0 Å². The van der Waals surface area contributed by atoms with Gasteiger partial charge in [0.25, 0.3) is 11.6 Å². The van der Waals surface area contributed by atoms with Gasteiger partial charge in [-0.3, -0.25) is 63.1 Å². The number of amides is 9. The number of phenols is 1. The van der Waals surface area contributed by atoms with Gasteiger partial charge in [-0.05, 0) is 84.9 Å². The lowest BCUT2D eigenvalue weighted by Gasteiger charge is -2.32. The first-order valence-corrected chi connectivity index (χ1v) is 31.5. The Morgan fingerprint density at radius 1 is 0.722 bits per heavy atom. The largest absolute Gasteiger partial charge is 0.508 e. The van der Waals surface area contributed by atoms with Crippen molar-refractivity contribution in [3.63, 3.8) is 0 Å². The zero-order valence-electron chi connectivity index (χ0n) is 54.3. The number of nitro groups is 1. The fourth-order valence-electron chi connectivity index (χ4n) is 10.6. The van der Waals surface area contributed by atoms with E-state index in [9.17, 15) is 78.2 Å². The van der Waals surface area contributed by atoms with E-state index < -0.39 is 154 Å². The topological polar surface area (TPSA) is 533 Å². The Morgan fingerprint density at radius 2 is 1.31 bits per heavy atom. The maximum Gasteiger partial charge on any atom is 0.326 e. The number of nitro benzene ring substituents is 1. The third kappa shape index (κ3) is 23.7. The molecule has 1 aliphatic rings. The number of aliphatic imine (C=N–C) groups is 1. The summed E-state index contributed by atoms with van der Waals surface area (Å²) in [5.41, 5.74) is 20.0. The number of imidazole rings is 1. The normalized spacial score (nSPS) is 15.3. The third-order valence-corrected chi connectivity index (χ3v) is 16.0. The predicted molar refractivity (Wildman–Crippen MR) is 349 cm³/mol. The van der Waals surface area contributed by atoms with Gasteiger partial charge >= 0.3 is 11.9 Å². The molecule has 1 aromatic heterocycles. The van der Waals surface area contributed by atoms with Crippen molar-refractivity contribution >= 4 is 82.4 Å². The number of hydrogen-bond donors (Lipinski definition) is 14. The van der Waals surface area contributed by atoms with Crippen LogP contribution in [0.4, 0.5) is 11.4 Å². The molecule has 0 bridgehead atoms. The monoisotopic (exact) mass is 1350 g/mol. The van der Waals surface area contributed by atoms with Crippen LogP contribution in [0.5, 0.6) is 5.75 Å². The molecule has 3 aromatic carbocycles. The van der Waals surface area contributed by atoms with Crippen molar-refractivity contribution in [2.45, 2.75) is 166 Å². The Labute approximate surface area is 557 Å². The second kappa shape index (κ2) is 37.6. The molecule has 97 heavy (non-hydrogen) atoms. The first kappa shape index (κ1) is 76.5. The standard InChI is InChI=1S/C63H84N18O16/c1-6-8-16-42(70-53(85)41-29-38(78-79-66)21-24-48(41)81(96)97)54(86)72-45(31-50(83)84)56(88)71-43(17-12-25-68-63(64)65)55(87)76-51(34(3)4)59(91)73-44(27-37-19-22-40(82)23-20-37)57(89)77-52(35(5)7-2)60(92)74-46(30-39-32-67-33-69-39)61(93)80-26-13-18-49(80)58(90)75-47(62(94)95)28-36-14-10-9-11-15-36/h9-11,14-15,19-24,29,32-35,42-47,49,51-52,82H,6-8,12-13,16-18,25-28,30-31H2,1-5H3,(H,67,69)(H,70,85)(H,71,88)(H,72,86)(H,73,91)(H,74,92)(H,75,90)(H,76,87)(H,77,89)(H,83,84)(H,94,95)(H4,64,65,68)/t35-,42-,43-,44-,45-,46-,47-,49-,51-,52-/m0/s1. The van der Waals surface area contributed by atoms with Crippen molar-refractivity contribution in [3.8, 4) is 5.75 Å². The molecule has 0 radical (unpaired) electrons. The molecular formula is C63H84N18O16. The molecule has 0 aliphatic carbocycles. The van der Waals surface area contributed by atoms with Gasteiger partial charge in [-0.25, -0.2) is 9.78 Å². The first-order valence-electron chi connectivity index (χ1n) is 31.5. The van der Waals surface area contributed by atoms with Crippen molar-refractivity contribution in [3.05, 3.63) is 128 Å². The quantitative estimate of drug-likeness (QED) is 0.00444. The number of nitrogens with one attached hydrogen (secondary N) is 9. The molecule has 9 amide bonds. The highest BCUT2D eigenvalue weighted by atomic mass is 16.6. The van der Waals surface area contributed by atoms with E-state index in [1.165, 1.54) is 41.7 Å². The Kier molecular flexibility index (Phi) is 29.7. The van der Waals surface area contributed by atoms with E-state index in [1.54, 1.807) is 65.0 Å². The minimum absolute atomic E-state index is 0.0126. The molecule has 1 aliphatic heterocycles. The van der Waals surface area contributed by atoms with E-state index in [0.717, 1.165) is 18.2 Å². The molecule has 34 nitrogen and oxygen atoms in total. The Hall–Kier alpha value is -11.2. The first-order chi connectivity index (χ1) is 46.1. The minimum Gasteiger partial charge on any atom is -0.508 e. The van der Waals surface area contributed by atoms with Crippen LogP contribution >= 0.6 is 0 Å². The number of H-pyrrole nitrogens is 1. The van der Waals surface area contributed by atoms with Gasteiger partial charge in [0.05, 0.1) is 17.7 Å². The van der Waals surface area contributed by atoms with E-state index in [2.05, 4.69) is 67.5 Å². The maximum atomic E-state index is 14.9. The molecule has 1 fully saturated rings. The number of rotatable bonds is 38. The van der Waals surface area contributed by atoms with Gasteiger partial charge in [-0.2, -0.15) is 0 Å². The highest BCUT2D eigenvalue weighted by molar-refractivity contribution is 6.03. The number of benzene rings is 3. The molecule has 0 spiro atoms. The second-order valence-electron chi connectivity index (χ2n) is 23.6. The highest BCUT2D eigenvalue weighted by Crippen LogP contribution is 2.26. The molecule has 1 saturated heterocycles. The van der Waals surface area contributed by atoms with Crippen LogP contribution in [-0.2, 0) is 67.2 Å². The molecule has 4 aromatic rings. The number of aromatic nitrogens is 2. The van der Waals surface area contributed by atoms with E-state index in [0.29, 0.717) is 29.7 Å². The number of hydrogen-bond acceptors (Lipinski definition) is 17. The van der Waals surface area contributed by atoms with Crippen molar-refractivity contribution in [2.75, 3.05) is 13.1 Å². The van der Waals surface area contributed by atoms with Gasteiger partial charge in [0.15, 0.2) is 5.96 Å². The lowest BCUT2D eigenvalue weighted by atomic mass is 9.96. The molecular weight excluding hydrogens is 1260 g/mol. The fraction of sp³-hybridized carbons (Fsp3) is 0.476. The van der Waals surface area contributed by atoms with Gasteiger partial charge in [-0.15, -0.1) is 0 Å². The SMILES string of the molecule is CCCC[C@H](NC(=O)c1cc(N=[N+]=[N-])ccc1[N+](=O)[O-])C(=O)N[C@@H](CC(=O)O)C(=O)N[C@@H](CCCN=C(N)N)C(=O)N[C@H](C(=O)N[C@@H](Cc1ccc(O)cc1)C(=O)N[C@H](C(=O)N[C@@H](Cc1cnc[nH]1)C(=O)N1CCC[C@H]1C(=O)N[C@@H](Cc1ccccc1)C(=O)O)[C@@H](C)CC)C(C)C. The van der Waals surface area contributed by atoms with Crippen molar-refractivity contribution in [2.24, 2.45) is 33.4 Å². The summed E-state index contributed by atoms with van der Waals surface area (Å²) >= 11 is 0. The zero-order chi connectivity index (χ0) is 71.5. The summed E-state index contributed by atoms with van der Waals surface area (Å²) in [5, 5.41) is 66.0. The number of likely N-dealkylation sites (tertiary alicyclic amines) is 1. The molecule has 10 atom stereocenters. The van der Waals surface area contributed by atoms with Crippen LogP contribution < -0.4 is 54.0 Å². The lowest BCUT2D eigenvalue weighted by molar-refractivity contribution is -0.385. The maximum absolute atomic E-state index is 14.9. The number of azide groups is 1. The van der Waals surface area contributed by atoms with Crippen molar-refractivity contribution < 1.29 is 73.0 Å². The highest BCUT2D eigenvalue weighted by Gasteiger charge is 2.42. The van der Waals surface area contributed by atoms with Crippen LogP contribution in [0.2, 0.25) is 0 Å². The predicted octanol–water partition coefficient (Wildman–Crippen LogP) is 1.68. The van der Waals surface area contributed by atoms with Gasteiger partial charge in [0, 0.05) is 60.9 Å². The molecule has 34 heteroatoms. The van der Waals surface area contributed by atoms with Crippen LogP contribution in [0.15, 0.2) is 95.4 Å². The number of aromatic hydroxyl groups is 1. The summed E-state index contributed by atoms with van der Waals surface area (Å²) in [6.07, 6.45) is 2.41. The summed E-state index contributed by atoms with van der Waals surface area (Å²) < 4.78 is 0. The van der Waals surface area contributed by atoms with E-state index in [1.807, 2.05) is 0 Å². The Bertz CT molecular complexity index is 3510. The summed E-state index contributed by atoms with van der Waals surface area (Å²) in [6.45, 7) is 8.24. The second-order valence-corrected chi connectivity index (χ2v) is 23.6. The summed E-state index contributed by atoms with van der Waals surface area (Å²) in [4.78, 5) is 180. The number of aromatic amines is 1. The number of phenolic OH excluding ortho intramolecular Hbond substituents is 1. The minimum atomic E-state index is -1.95.